The molecule has 1 atom stereocenters. The average Bonchev–Trinajstić information content (AvgIpc) is 3.19. The van der Waals surface area contributed by atoms with Crippen LogP contribution in [0.2, 0.25) is 0 Å². The zero-order chi connectivity index (χ0) is 21.0. The number of thiazole rings is 1. The number of hydrogen-bond donors (Lipinski definition) is 1. The maximum Gasteiger partial charge on any atom is 0.265 e. The van der Waals surface area contributed by atoms with Gasteiger partial charge in [-0.1, -0.05) is 24.6 Å². The van der Waals surface area contributed by atoms with Crippen LogP contribution in [-0.2, 0) is 11.2 Å². The van der Waals surface area contributed by atoms with E-state index in [1.165, 1.54) is 11.3 Å². The van der Waals surface area contributed by atoms with Crippen molar-refractivity contribution in [3.05, 3.63) is 45.9 Å². The summed E-state index contributed by atoms with van der Waals surface area (Å²) < 4.78 is 5.79. The van der Waals surface area contributed by atoms with E-state index in [4.69, 9.17) is 4.74 Å². The van der Waals surface area contributed by atoms with Crippen molar-refractivity contribution in [3.8, 4) is 5.75 Å². The number of nitrogens with zero attached hydrogens (tertiary/aromatic N) is 2. The molecule has 6 nitrogen and oxygen atoms in total. The first kappa shape index (κ1) is 20.8. The molecule has 0 saturated carbocycles. The largest absolute Gasteiger partial charge is 0.483 e. The first-order valence-electron chi connectivity index (χ1n) is 10.7. The van der Waals surface area contributed by atoms with Crippen LogP contribution in [0.4, 0.5) is 0 Å². The second-order valence-electron chi connectivity index (χ2n) is 8.48. The van der Waals surface area contributed by atoms with Crippen molar-refractivity contribution in [1.82, 2.24) is 15.2 Å². The SMILES string of the molecule is Cc1ncsc1C(=O)N1CCC[C@@]2(CCCCc3ccccc3OCC(=O)NC2)C1. The van der Waals surface area contributed by atoms with Crippen LogP contribution < -0.4 is 10.1 Å². The molecule has 160 valence electrons. The molecule has 7 heteroatoms. The molecular weight excluding hydrogens is 398 g/mol. The number of fused-ring (bicyclic) bond motifs is 1. The Hall–Kier alpha value is -2.41. The highest BCUT2D eigenvalue weighted by molar-refractivity contribution is 7.11. The van der Waals surface area contributed by atoms with E-state index in [0.717, 1.165) is 67.0 Å². The Morgan fingerprint density at radius 2 is 2.07 bits per heavy atom. The summed E-state index contributed by atoms with van der Waals surface area (Å²) in [5, 5.41) is 3.09. The van der Waals surface area contributed by atoms with Crippen molar-refractivity contribution in [3.63, 3.8) is 0 Å². The van der Waals surface area contributed by atoms with Gasteiger partial charge in [0.1, 0.15) is 10.6 Å². The monoisotopic (exact) mass is 427 g/mol. The summed E-state index contributed by atoms with van der Waals surface area (Å²) >= 11 is 1.41. The van der Waals surface area contributed by atoms with Crippen LogP contribution in [0.3, 0.4) is 0 Å². The molecule has 4 rings (SSSR count). The lowest BCUT2D eigenvalue weighted by Gasteiger charge is -2.43. The number of para-hydroxylation sites is 1. The van der Waals surface area contributed by atoms with Crippen LogP contribution in [-0.4, -0.2) is 47.9 Å². The maximum atomic E-state index is 13.1. The number of carbonyl (C=O) groups excluding carboxylic acids is 2. The predicted octanol–water partition coefficient (Wildman–Crippen LogP) is 3.60. The molecule has 0 unspecified atom stereocenters. The average molecular weight is 428 g/mol. The van der Waals surface area contributed by atoms with Gasteiger partial charge in [-0.2, -0.15) is 0 Å². The number of nitrogens with one attached hydrogen (secondary N) is 1. The summed E-state index contributed by atoms with van der Waals surface area (Å²) in [7, 11) is 0. The minimum atomic E-state index is -0.105. The van der Waals surface area contributed by atoms with E-state index in [0.29, 0.717) is 13.1 Å². The standard InChI is InChI=1S/C23H29N3O3S/c1-17-21(30-16-25-17)22(28)26-12-6-11-23(15-26)10-5-4-8-18-7-2-3-9-19(18)29-13-20(27)24-14-23/h2-3,7,9,16H,4-6,8,10-15H2,1H3,(H,24,27)/t23-/m1/s1. The first-order chi connectivity index (χ1) is 14.6. The fraction of sp³-hybridized carbons (Fsp3) is 0.522. The smallest absolute Gasteiger partial charge is 0.265 e. The van der Waals surface area contributed by atoms with Gasteiger partial charge in [0, 0.05) is 25.0 Å². The molecule has 0 radical (unpaired) electrons. The quantitative estimate of drug-likeness (QED) is 0.755. The summed E-state index contributed by atoms with van der Waals surface area (Å²) in [6, 6.07) is 7.97. The molecule has 1 N–H and O–H groups in total. The third kappa shape index (κ3) is 4.67. The van der Waals surface area contributed by atoms with E-state index in [1.54, 1.807) is 5.51 Å². The van der Waals surface area contributed by atoms with Gasteiger partial charge < -0.3 is 15.0 Å². The minimum absolute atomic E-state index is 0.0236. The topological polar surface area (TPSA) is 71.5 Å². The number of piperidine rings is 1. The molecule has 2 aliphatic rings. The number of benzene rings is 1. The van der Waals surface area contributed by atoms with E-state index in [2.05, 4.69) is 16.4 Å². The fourth-order valence-corrected chi connectivity index (χ4v) is 5.39. The number of amides is 2. The highest BCUT2D eigenvalue weighted by Gasteiger charge is 2.38. The zero-order valence-electron chi connectivity index (χ0n) is 17.5. The van der Waals surface area contributed by atoms with Crippen molar-refractivity contribution >= 4 is 23.2 Å². The second kappa shape index (κ2) is 9.16. The first-order valence-corrected chi connectivity index (χ1v) is 11.6. The second-order valence-corrected chi connectivity index (χ2v) is 9.33. The fourth-order valence-electron chi connectivity index (χ4n) is 4.62. The molecule has 1 spiro atoms. The van der Waals surface area contributed by atoms with Crippen LogP contribution in [0.15, 0.2) is 29.8 Å². The van der Waals surface area contributed by atoms with Gasteiger partial charge in [-0.15, -0.1) is 11.3 Å². The van der Waals surface area contributed by atoms with E-state index in [9.17, 15) is 9.59 Å². The van der Waals surface area contributed by atoms with Gasteiger partial charge >= 0.3 is 0 Å². The van der Waals surface area contributed by atoms with Gasteiger partial charge in [-0.05, 0) is 50.7 Å². The van der Waals surface area contributed by atoms with Crippen LogP contribution in [0.25, 0.3) is 0 Å². The van der Waals surface area contributed by atoms with Crippen LogP contribution in [0.1, 0.15) is 53.0 Å². The number of hydrogen-bond acceptors (Lipinski definition) is 5. The van der Waals surface area contributed by atoms with E-state index in [-0.39, 0.29) is 23.8 Å². The molecule has 3 heterocycles. The Morgan fingerprint density at radius 1 is 1.23 bits per heavy atom. The Balaban J connectivity index is 1.49. The Kier molecular flexibility index (Phi) is 6.37. The number of aromatic nitrogens is 1. The minimum Gasteiger partial charge on any atom is -0.483 e. The Morgan fingerprint density at radius 3 is 2.90 bits per heavy atom. The summed E-state index contributed by atoms with van der Waals surface area (Å²) in [6.07, 6.45) is 6.05. The van der Waals surface area contributed by atoms with Gasteiger partial charge in [0.2, 0.25) is 0 Å². The van der Waals surface area contributed by atoms with Crippen molar-refractivity contribution < 1.29 is 14.3 Å². The lowest BCUT2D eigenvalue weighted by molar-refractivity contribution is -0.123. The van der Waals surface area contributed by atoms with E-state index in [1.807, 2.05) is 30.0 Å². The lowest BCUT2D eigenvalue weighted by atomic mass is 9.75. The van der Waals surface area contributed by atoms with Gasteiger partial charge in [0.05, 0.1) is 11.2 Å². The molecule has 2 amide bonds. The number of aryl methyl sites for hydroxylation is 2. The van der Waals surface area contributed by atoms with Crippen molar-refractivity contribution in [1.29, 1.82) is 0 Å². The van der Waals surface area contributed by atoms with Crippen LogP contribution >= 0.6 is 11.3 Å². The molecule has 1 saturated heterocycles. The molecule has 0 aliphatic carbocycles. The summed E-state index contributed by atoms with van der Waals surface area (Å²) in [5.74, 6) is 0.771. The Labute approximate surface area is 181 Å². The molecule has 30 heavy (non-hydrogen) atoms. The highest BCUT2D eigenvalue weighted by atomic mass is 32.1. The predicted molar refractivity (Wildman–Crippen MR) is 117 cm³/mol. The molecular formula is C23H29N3O3S. The summed E-state index contributed by atoms with van der Waals surface area (Å²) in [6.45, 7) is 3.94. The molecule has 2 aliphatic heterocycles. The maximum absolute atomic E-state index is 13.1. The van der Waals surface area contributed by atoms with Gasteiger partial charge in [0.25, 0.3) is 11.8 Å². The molecule has 2 aromatic rings. The molecule has 1 aromatic carbocycles. The number of rotatable bonds is 1. The normalized spacial score (nSPS) is 23.0. The van der Waals surface area contributed by atoms with Crippen LogP contribution in [0, 0.1) is 12.3 Å². The van der Waals surface area contributed by atoms with Gasteiger partial charge in [0.15, 0.2) is 6.61 Å². The third-order valence-corrected chi connectivity index (χ3v) is 7.20. The van der Waals surface area contributed by atoms with Crippen molar-refractivity contribution in [2.45, 2.75) is 45.4 Å². The highest BCUT2D eigenvalue weighted by Crippen LogP contribution is 2.36. The van der Waals surface area contributed by atoms with Crippen molar-refractivity contribution in [2.24, 2.45) is 5.41 Å². The zero-order valence-corrected chi connectivity index (χ0v) is 18.3. The van der Waals surface area contributed by atoms with Crippen LogP contribution in [0.5, 0.6) is 5.75 Å². The molecule has 1 aromatic heterocycles. The van der Waals surface area contributed by atoms with Crippen molar-refractivity contribution in [2.75, 3.05) is 26.2 Å². The van der Waals surface area contributed by atoms with Gasteiger partial charge in [-0.25, -0.2) is 4.98 Å². The Bertz CT molecular complexity index is 913. The third-order valence-electron chi connectivity index (χ3n) is 6.28. The number of likely N-dealkylation sites (tertiary alicyclic amines) is 1. The summed E-state index contributed by atoms with van der Waals surface area (Å²) in [4.78, 5) is 32.5. The summed E-state index contributed by atoms with van der Waals surface area (Å²) in [5.41, 5.74) is 3.60. The van der Waals surface area contributed by atoms with E-state index >= 15 is 0 Å². The molecule has 1 fully saturated rings. The lowest BCUT2D eigenvalue weighted by Crippen LogP contribution is -2.51. The van der Waals surface area contributed by atoms with Gasteiger partial charge in [-0.3, -0.25) is 9.59 Å². The van der Waals surface area contributed by atoms with E-state index < -0.39 is 0 Å². The molecule has 0 bridgehead atoms. The number of ether oxygens (including phenoxy) is 1. The number of carbonyl (C=O) groups is 2.